The van der Waals surface area contributed by atoms with Crippen LogP contribution in [-0.4, -0.2) is 35.0 Å². The van der Waals surface area contributed by atoms with Crippen molar-refractivity contribution in [3.8, 4) is 5.75 Å². The first-order valence-electron chi connectivity index (χ1n) is 8.64. The summed E-state index contributed by atoms with van der Waals surface area (Å²) in [5, 5.41) is 15.1. The van der Waals surface area contributed by atoms with Gasteiger partial charge < -0.3 is 9.84 Å². The molecule has 0 unspecified atom stereocenters. The van der Waals surface area contributed by atoms with Gasteiger partial charge in [-0.15, -0.1) is 0 Å². The number of benzene rings is 2. The molecule has 0 aliphatic carbocycles. The minimum Gasteiger partial charge on any atom is -0.497 e. The van der Waals surface area contributed by atoms with Crippen LogP contribution in [0.3, 0.4) is 0 Å². The van der Waals surface area contributed by atoms with E-state index in [-0.39, 0.29) is 11.1 Å². The van der Waals surface area contributed by atoms with Crippen molar-refractivity contribution in [2.24, 2.45) is 5.10 Å². The minimum atomic E-state index is -4.76. The molecule has 2 aromatic carbocycles. The molecule has 1 amide bonds. The molecule has 0 saturated carbocycles. The monoisotopic (exact) mass is 392 g/mol. The van der Waals surface area contributed by atoms with Gasteiger partial charge in [0, 0.05) is 11.1 Å². The Morgan fingerprint density at radius 2 is 1.93 bits per heavy atom. The van der Waals surface area contributed by atoms with Gasteiger partial charge in [0.15, 0.2) is 5.72 Å². The molecule has 8 heteroatoms. The second-order valence-corrected chi connectivity index (χ2v) is 6.44. The Balaban J connectivity index is 2.06. The first kappa shape index (κ1) is 19.9. The molecule has 2 aromatic rings. The third kappa shape index (κ3) is 3.60. The summed E-state index contributed by atoms with van der Waals surface area (Å²) in [6.45, 7) is 1.93. The van der Waals surface area contributed by atoms with E-state index in [2.05, 4.69) is 5.10 Å². The van der Waals surface area contributed by atoms with Gasteiger partial charge in [0.25, 0.3) is 5.91 Å². The van der Waals surface area contributed by atoms with Crippen molar-refractivity contribution < 1.29 is 27.8 Å². The summed E-state index contributed by atoms with van der Waals surface area (Å²) in [6.07, 6.45) is -4.88. The van der Waals surface area contributed by atoms with Crippen molar-refractivity contribution in [2.45, 2.75) is 31.7 Å². The maximum Gasteiger partial charge on any atom is 0.431 e. The van der Waals surface area contributed by atoms with E-state index in [0.717, 1.165) is 12.0 Å². The number of aryl methyl sites for hydroxylation is 1. The average Bonchev–Trinajstić information content (AvgIpc) is 3.06. The van der Waals surface area contributed by atoms with Gasteiger partial charge in [0.05, 0.1) is 13.5 Å². The van der Waals surface area contributed by atoms with Crippen LogP contribution >= 0.6 is 0 Å². The summed E-state index contributed by atoms with van der Waals surface area (Å²) in [7, 11) is 1.41. The second kappa shape index (κ2) is 7.27. The Kier molecular flexibility index (Phi) is 5.16. The zero-order chi connectivity index (χ0) is 20.5. The van der Waals surface area contributed by atoms with Crippen LogP contribution in [0, 0.1) is 0 Å². The number of ether oxygens (including phenoxy) is 1. The van der Waals surface area contributed by atoms with Crippen molar-refractivity contribution in [3.05, 3.63) is 65.2 Å². The molecular weight excluding hydrogens is 373 g/mol. The van der Waals surface area contributed by atoms with Gasteiger partial charge in [0.1, 0.15) is 11.5 Å². The molecular formula is C20H19F3N2O3. The number of carbonyl (C=O) groups excluding carboxylic acids is 1. The summed E-state index contributed by atoms with van der Waals surface area (Å²) in [6, 6.07) is 12.4. The number of aliphatic hydroxyl groups is 1. The summed E-state index contributed by atoms with van der Waals surface area (Å²) < 4.78 is 44.9. The molecule has 0 aromatic heterocycles. The molecule has 5 nitrogen and oxygen atoms in total. The molecule has 0 radical (unpaired) electrons. The van der Waals surface area contributed by atoms with E-state index < -0.39 is 29.9 Å². The van der Waals surface area contributed by atoms with Gasteiger partial charge >= 0.3 is 6.18 Å². The van der Waals surface area contributed by atoms with E-state index in [1.165, 1.54) is 37.4 Å². The number of amides is 1. The third-order valence-electron chi connectivity index (χ3n) is 4.65. The first-order valence-corrected chi connectivity index (χ1v) is 8.64. The van der Waals surface area contributed by atoms with Gasteiger partial charge in [-0.05, 0) is 30.2 Å². The lowest BCUT2D eigenvalue weighted by Crippen LogP contribution is -2.43. The fourth-order valence-corrected chi connectivity index (χ4v) is 3.03. The molecule has 1 N–H and O–H groups in total. The summed E-state index contributed by atoms with van der Waals surface area (Å²) in [5.74, 6) is -0.499. The largest absolute Gasteiger partial charge is 0.497 e. The average molecular weight is 392 g/mol. The molecule has 148 valence electrons. The normalized spacial score (nSPS) is 19.5. The van der Waals surface area contributed by atoms with Gasteiger partial charge in [-0.25, -0.2) is 0 Å². The van der Waals surface area contributed by atoms with Crippen molar-refractivity contribution in [2.75, 3.05) is 7.11 Å². The number of hydrogen-bond donors (Lipinski definition) is 1. The van der Waals surface area contributed by atoms with Crippen molar-refractivity contribution >= 4 is 11.6 Å². The van der Waals surface area contributed by atoms with E-state index in [9.17, 15) is 23.1 Å². The number of methoxy groups -OCH3 is 1. The Hall–Kier alpha value is -2.87. The molecule has 1 heterocycles. The zero-order valence-electron chi connectivity index (χ0n) is 15.3. The smallest absolute Gasteiger partial charge is 0.431 e. The fraction of sp³-hybridized carbons (Fsp3) is 0.300. The van der Waals surface area contributed by atoms with Crippen molar-refractivity contribution in [1.82, 2.24) is 5.01 Å². The number of alkyl halides is 3. The lowest BCUT2D eigenvalue weighted by Gasteiger charge is -2.31. The number of carbonyl (C=O) groups is 1. The van der Waals surface area contributed by atoms with Gasteiger partial charge in [-0.3, -0.25) is 4.79 Å². The molecule has 28 heavy (non-hydrogen) atoms. The first-order chi connectivity index (χ1) is 13.2. The van der Waals surface area contributed by atoms with Gasteiger partial charge in [-0.2, -0.15) is 23.3 Å². The quantitative estimate of drug-likeness (QED) is 0.859. The van der Waals surface area contributed by atoms with E-state index in [1.807, 2.05) is 6.92 Å². The van der Waals surface area contributed by atoms with Crippen LogP contribution in [0.15, 0.2) is 53.6 Å². The summed E-state index contributed by atoms with van der Waals surface area (Å²) in [4.78, 5) is 12.9. The Bertz CT molecular complexity index is 910. The highest BCUT2D eigenvalue weighted by molar-refractivity contribution is 6.00. The predicted octanol–water partition coefficient (Wildman–Crippen LogP) is 3.87. The minimum absolute atomic E-state index is 0.0510. The topological polar surface area (TPSA) is 62.1 Å². The van der Waals surface area contributed by atoms with E-state index in [4.69, 9.17) is 4.74 Å². The van der Waals surface area contributed by atoms with Gasteiger partial charge in [0.2, 0.25) is 0 Å². The number of nitrogens with zero attached hydrogens (tertiary/aromatic N) is 2. The lowest BCUT2D eigenvalue weighted by atomic mass is 9.95. The molecule has 1 aliphatic rings. The van der Waals surface area contributed by atoms with Crippen LogP contribution in [0.5, 0.6) is 5.75 Å². The molecule has 1 atom stereocenters. The van der Waals surface area contributed by atoms with E-state index in [0.29, 0.717) is 10.8 Å². The van der Waals surface area contributed by atoms with E-state index >= 15 is 0 Å². The highest BCUT2D eigenvalue weighted by Gasteiger charge is 2.53. The zero-order valence-corrected chi connectivity index (χ0v) is 15.3. The number of hydrogen-bond acceptors (Lipinski definition) is 4. The maximum atomic E-state index is 13.3. The summed E-state index contributed by atoms with van der Waals surface area (Å²) >= 11 is 0. The molecule has 3 rings (SSSR count). The number of halogens is 3. The van der Waals surface area contributed by atoms with Crippen LogP contribution in [0.2, 0.25) is 0 Å². The highest BCUT2D eigenvalue weighted by atomic mass is 19.4. The SMILES string of the molecule is CCc1ccc([C@]2(O)CC(C(F)(F)F)=NN2C(=O)c2cccc(OC)c2)cc1. The lowest BCUT2D eigenvalue weighted by molar-refractivity contribution is -0.0816. The third-order valence-corrected chi connectivity index (χ3v) is 4.65. The van der Waals surface area contributed by atoms with E-state index in [1.54, 1.807) is 18.2 Å². The molecule has 0 fully saturated rings. The molecule has 0 spiro atoms. The maximum absolute atomic E-state index is 13.3. The number of hydrazone groups is 1. The number of rotatable bonds is 4. The van der Waals surface area contributed by atoms with Crippen LogP contribution in [-0.2, 0) is 12.1 Å². The van der Waals surface area contributed by atoms with Crippen LogP contribution < -0.4 is 4.74 Å². The standard InChI is InChI=1S/C20H19F3N2O3/c1-3-13-7-9-15(10-8-13)19(27)12-17(20(21,22)23)24-25(19)18(26)14-5-4-6-16(11-14)28-2/h4-11,27H,3,12H2,1-2H3/t19-/m1/s1. The highest BCUT2D eigenvalue weighted by Crippen LogP contribution is 2.40. The molecule has 0 saturated heterocycles. The van der Waals surface area contributed by atoms with Crippen molar-refractivity contribution in [3.63, 3.8) is 0 Å². The Morgan fingerprint density at radius 3 is 2.50 bits per heavy atom. The van der Waals surface area contributed by atoms with Crippen LogP contribution in [0.25, 0.3) is 0 Å². The Labute approximate surface area is 160 Å². The molecule has 0 bridgehead atoms. The summed E-state index contributed by atoms with van der Waals surface area (Å²) in [5.41, 5.74) is -2.30. The second-order valence-electron chi connectivity index (χ2n) is 6.44. The van der Waals surface area contributed by atoms with Crippen molar-refractivity contribution in [1.29, 1.82) is 0 Å². The fourth-order valence-electron chi connectivity index (χ4n) is 3.03. The van der Waals surface area contributed by atoms with Gasteiger partial charge in [-0.1, -0.05) is 37.3 Å². The van der Waals surface area contributed by atoms with Crippen LogP contribution in [0.4, 0.5) is 13.2 Å². The Morgan fingerprint density at radius 1 is 1.25 bits per heavy atom. The molecule has 1 aliphatic heterocycles. The van der Waals surface area contributed by atoms with Crippen LogP contribution in [0.1, 0.15) is 34.8 Å². The predicted molar refractivity (Wildman–Crippen MR) is 97.0 cm³/mol.